The monoisotopic (exact) mass is 338 g/mol. The average Bonchev–Trinajstić information content (AvgIpc) is 2.83. The van der Waals surface area contributed by atoms with Crippen LogP contribution in [0.15, 0.2) is 42.5 Å². The molecule has 0 bridgehead atoms. The third kappa shape index (κ3) is 2.13. The Balaban J connectivity index is 2.37. The van der Waals surface area contributed by atoms with E-state index in [-0.39, 0.29) is 5.71 Å². The van der Waals surface area contributed by atoms with Crippen LogP contribution in [0.25, 0.3) is 0 Å². The molecule has 3 rings (SSSR count). The minimum atomic E-state index is -1.32. The van der Waals surface area contributed by atoms with E-state index in [4.69, 9.17) is 21.7 Å². The number of ether oxygens (including phenoxy) is 1. The predicted molar refractivity (Wildman–Crippen MR) is 91.4 cm³/mol. The molecule has 4 nitrogen and oxygen atoms in total. The van der Waals surface area contributed by atoms with Crippen LogP contribution in [-0.4, -0.2) is 18.8 Å². The molecule has 5 heteroatoms. The highest BCUT2D eigenvalue weighted by Crippen LogP contribution is 2.48. The van der Waals surface area contributed by atoms with Crippen molar-refractivity contribution in [2.24, 2.45) is 5.92 Å². The van der Waals surface area contributed by atoms with Gasteiger partial charge < -0.3 is 10.1 Å². The molecule has 1 aliphatic carbocycles. The van der Waals surface area contributed by atoms with E-state index in [1.54, 1.807) is 18.2 Å². The van der Waals surface area contributed by atoms with Crippen molar-refractivity contribution in [3.63, 3.8) is 0 Å². The van der Waals surface area contributed by atoms with Crippen molar-refractivity contribution in [3.05, 3.63) is 69.7 Å². The molecule has 0 aliphatic heterocycles. The second kappa shape index (κ2) is 5.77. The summed E-state index contributed by atoms with van der Waals surface area (Å²) in [5, 5.41) is 19.0. The van der Waals surface area contributed by atoms with Gasteiger partial charge >= 0.3 is 5.97 Å². The van der Waals surface area contributed by atoms with Crippen LogP contribution >= 0.6 is 11.6 Å². The Morgan fingerprint density at radius 3 is 2.54 bits per heavy atom. The molecule has 0 saturated heterocycles. The van der Waals surface area contributed by atoms with Crippen molar-refractivity contribution < 1.29 is 9.53 Å². The zero-order chi connectivity index (χ0) is 17.5. The van der Waals surface area contributed by atoms with Crippen LogP contribution in [0.3, 0.4) is 0 Å². The number of methoxy groups -OCH3 is 1. The van der Waals surface area contributed by atoms with Crippen LogP contribution in [0.5, 0.6) is 0 Å². The lowest BCUT2D eigenvalue weighted by Gasteiger charge is -2.28. The number of rotatable bonds is 2. The zero-order valence-corrected chi connectivity index (χ0v) is 14.0. The number of hydrogen-bond acceptors (Lipinski definition) is 4. The lowest BCUT2D eigenvalue weighted by molar-refractivity contribution is -0.143. The molecule has 2 aromatic rings. The van der Waals surface area contributed by atoms with Crippen molar-refractivity contribution in [1.29, 1.82) is 10.7 Å². The summed E-state index contributed by atoms with van der Waals surface area (Å²) in [5.41, 5.74) is 1.57. The van der Waals surface area contributed by atoms with E-state index in [1.807, 2.05) is 31.2 Å². The Morgan fingerprint density at radius 2 is 1.96 bits per heavy atom. The van der Waals surface area contributed by atoms with Crippen LogP contribution in [0, 0.1) is 29.6 Å². The van der Waals surface area contributed by atoms with E-state index >= 15 is 0 Å². The molecule has 1 N–H and O–H groups in total. The van der Waals surface area contributed by atoms with Gasteiger partial charge in [0.25, 0.3) is 0 Å². The zero-order valence-electron chi connectivity index (χ0n) is 13.3. The lowest BCUT2D eigenvalue weighted by Crippen LogP contribution is -2.39. The average molecular weight is 339 g/mol. The maximum Gasteiger partial charge on any atom is 0.317 e. The minimum Gasteiger partial charge on any atom is -0.468 e. The highest BCUT2D eigenvalue weighted by molar-refractivity contribution is 6.31. The lowest BCUT2D eigenvalue weighted by atomic mass is 9.70. The summed E-state index contributed by atoms with van der Waals surface area (Å²) in [7, 11) is 1.27. The number of carbonyl (C=O) groups excluding carboxylic acids is 1. The third-order valence-electron chi connectivity index (χ3n) is 4.54. The SMILES string of the molecule is COC(=O)C1C(=N)c2ccc(Cl)cc2C1(C#N)c1ccc(C)cc1. The summed E-state index contributed by atoms with van der Waals surface area (Å²) in [6.07, 6.45) is 0. The number of benzene rings is 2. The number of halogens is 1. The van der Waals surface area contributed by atoms with Gasteiger partial charge in [0.1, 0.15) is 11.3 Å². The van der Waals surface area contributed by atoms with Crippen molar-refractivity contribution in [2.75, 3.05) is 7.11 Å². The maximum atomic E-state index is 12.4. The van der Waals surface area contributed by atoms with E-state index in [0.717, 1.165) is 5.56 Å². The predicted octanol–water partition coefficient (Wildman–Crippen LogP) is 3.63. The summed E-state index contributed by atoms with van der Waals surface area (Å²) in [5.74, 6) is -1.63. The van der Waals surface area contributed by atoms with Gasteiger partial charge in [0, 0.05) is 10.6 Å². The Labute approximate surface area is 145 Å². The molecule has 0 heterocycles. The van der Waals surface area contributed by atoms with Crippen molar-refractivity contribution in [1.82, 2.24) is 0 Å². The fourth-order valence-corrected chi connectivity index (χ4v) is 3.52. The van der Waals surface area contributed by atoms with Crippen LogP contribution in [0.4, 0.5) is 0 Å². The van der Waals surface area contributed by atoms with E-state index in [2.05, 4.69) is 6.07 Å². The van der Waals surface area contributed by atoms with Crippen LogP contribution in [0.1, 0.15) is 22.3 Å². The number of carbonyl (C=O) groups is 1. The number of fused-ring (bicyclic) bond motifs is 1. The molecule has 24 heavy (non-hydrogen) atoms. The quantitative estimate of drug-likeness (QED) is 0.850. The highest BCUT2D eigenvalue weighted by atomic mass is 35.5. The van der Waals surface area contributed by atoms with Gasteiger partial charge in [-0.15, -0.1) is 0 Å². The fraction of sp³-hybridized carbons (Fsp3) is 0.211. The van der Waals surface area contributed by atoms with Gasteiger partial charge in [-0.25, -0.2) is 0 Å². The second-order valence-corrected chi connectivity index (χ2v) is 6.28. The van der Waals surface area contributed by atoms with Crippen molar-refractivity contribution in [2.45, 2.75) is 12.3 Å². The molecule has 0 radical (unpaired) electrons. The summed E-state index contributed by atoms with van der Waals surface area (Å²) in [6, 6.07) is 14.7. The number of nitriles is 1. The fourth-order valence-electron chi connectivity index (χ4n) is 3.35. The summed E-state index contributed by atoms with van der Waals surface area (Å²) < 4.78 is 4.90. The minimum absolute atomic E-state index is 0.0793. The van der Waals surface area contributed by atoms with Gasteiger partial charge in [-0.1, -0.05) is 47.5 Å². The topological polar surface area (TPSA) is 73.9 Å². The van der Waals surface area contributed by atoms with Crippen molar-refractivity contribution >= 4 is 23.3 Å². The molecule has 1 aliphatic rings. The van der Waals surface area contributed by atoms with Gasteiger partial charge in [-0.05, 0) is 30.2 Å². The smallest absolute Gasteiger partial charge is 0.317 e. The van der Waals surface area contributed by atoms with Gasteiger partial charge in [-0.2, -0.15) is 5.26 Å². The molecule has 0 spiro atoms. The standard InChI is InChI=1S/C19H15ClN2O2/c1-11-3-5-12(6-4-11)19(10-21)15-9-13(20)7-8-14(15)17(22)16(19)18(23)24-2/h3-9,16,22H,1-2H3. The molecule has 2 atom stereocenters. The molecule has 0 fully saturated rings. The number of esters is 1. The van der Waals surface area contributed by atoms with Crippen LogP contribution in [0.2, 0.25) is 5.02 Å². The normalized spacial score (nSPS) is 21.9. The Kier molecular flexibility index (Phi) is 3.90. The highest BCUT2D eigenvalue weighted by Gasteiger charge is 2.56. The van der Waals surface area contributed by atoms with Crippen molar-refractivity contribution in [3.8, 4) is 6.07 Å². The Hall–Kier alpha value is -2.64. The molecule has 2 aromatic carbocycles. The summed E-state index contributed by atoms with van der Waals surface area (Å²) in [4.78, 5) is 12.4. The number of hydrogen-bond donors (Lipinski definition) is 1. The molecule has 0 amide bonds. The maximum absolute atomic E-state index is 12.4. The molecule has 120 valence electrons. The largest absolute Gasteiger partial charge is 0.468 e. The van der Waals surface area contributed by atoms with Crippen LogP contribution in [-0.2, 0) is 14.9 Å². The first kappa shape index (κ1) is 16.2. The first-order chi connectivity index (χ1) is 11.5. The van der Waals surface area contributed by atoms with Gasteiger partial charge in [0.2, 0.25) is 0 Å². The second-order valence-electron chi connectivity index (χ2n) is 5.85. The Bertz CT molecular complexity index is 883. The summed E-state index contributed by atoms with van der Waals surface area (Å²) in [6.45, 7) is 1.95. The third-order valence-corrected chi connectivity index (χ3v) is 4.77. The van der Waals surface area contributed by atoms with E-state index < -0.39 is 17.3 Å². The Morgan fingerprint density at radius 1 is 1.29 bits per heavy atom. The molecule has 0 saturated carbocycles. The number of aryl methyl sites for hydroxylation is 1. The van der Waals surface area contributed by atoms with Gasteiger partial charge in [0.05, 0.1) is 18.9 Å². The molecule has 2 unspecified atom stereocenters. The van der Waals surface area contributed by atoms with E-state index in [9.17, 15) is 10.1 Å². The molecular formula is C19H15ClN2O2. The van der Waals surface area contributed by atoms with Gasteiger partial charge in [-0.3, -0.25) is 4.79 Å². The van der Waals surface area contributed by atoms with E-state index in [1.165, 1.54) is 7.11 Å². The first-order valence-corrected chi connectivity index (χ1v) is 7.78. The van der Waals surface area contributed by atoms with Gasteiger partial charge in [0.15, 0.2) is 0 Å². The molecular weight excluding hydrogens is 324 g/mol. The van der Waals surface area contributed by atoms with E-state index in [0.29, 0.717) is 21.7 Å². The number of nitrogens with one attached hydrogen (secondary N) is 1. The first-order valence-electron chi connectivity index (χ1n) is 7.40. The number of nitrogens with zero attached hydrogens (tertiary/aromatic N) is 1. The summed E-state index contributed by atoms with van der Waals surface area (Å²) >= 11 is 6.13. The molecule has 0 aromatic heterocycles. The van der Waals surface area contributed by atoms with Crippen LogP contribution < -0.4 is 0 Å².